The van der Waals surface area contributed by atoms with Crippen molar-refractivity contribution in [3.8, 4) is 6.07 Å². The van der Waals surface area contributed by atoms with Gasteiger partial charge in [0.05, 0.1) is 17.3 Å². The minimum absolute atomic E-state index is 0.165. The van der Waals surface area contributed by atoms with Gasteiger partial charge in [0.15, 0.2) is 0 Å². The molecule has 4 rings (SSSR count). The molecule has 1 unspecified atom stereocenters. The SMILES string of the molecule is N#Cc1ccc(C(c2cccc(NC(N)=O)n2)C(c2cccnc2)c2cccnc2)cc1. The lowest BCUT2D eigenvalue weighted by atomic mass is 9.76. The summed E-state index contributed by atoms with van der Waals surface area (Å²) in [5.74, 6) is -0.0443. The van der Waals surface area contributed by atoms with Gasteiger partial charge in [0.25, 0.3) is 0 Å². The van der Waals surface area contributed by atoms with Crippen LogP contribution in [0.5, 0.6) is 0 Å². The highest BCUT2D eigenvalue weighted by Gasteiger charge is 2.30. The summed E-state index contributed by atoms with van der Waals surface area (Å²) in [5.41, 5.74) is 9.55. The van der Waals surface area contributed by atoms with Crippen molar-refractivity contribution in [2.75, 3.05) is 5.32 Å². The number of urea groups is 1. The van der Waals surface area contributed by atoms with E-state index in [1.54, 1.807) is 30.6 Å². The number of hydrogen-bond donors (Lipinski definition) is 2. The Morgan fingerprint density at radius 2 is 1.50 bits per heavy atom. The van der Waals surface area contributed by atoms with E-state index in [1.165, 1.54) is 0 Å². The molecule has 0 spiro atoms. The number of amides is 2. The predicted molar refractivity (Wildman–Crippen MR) is 121 cm³/mol. The van der Waals surface area contributed by atoms with Crippen LogP contribution in [0.1, 0.15) is 39.8 Å². The molecule has 0 saturated carbocycles. The Bertz CT molecular complexity index is 1200. The average Bonchev–Trinajstić information content (AvgIpc) is 2.83. The fourth-order valence-corrected chi connectivity index (χ4v) is 3.82. The topological polar surface area (TPSA) is 118 Å². The molecule has 0 fully saturated rings. The van der Waals surface area contributed by atoms with Gasteiger partial charge >= 0.3 is 6.03 Å². The van der Waals surface area contributed by atoms with E-state index >= 15 is 0 Å². The summed E-state index contributed by atoms with van der Waals surface area (Å²) < 4.78 is 0. The highest BCUT2D eigenvalue weighted by Crippen LogP contribution is 2.42. The van der Waals surface area contributed by atoms with Crippen LogP contribution in [0.4, 0.5) is 10.6 Å². The van der Waals surface area contributed by atoms with E-state index in [4.69, 9.17) is 5.73 Å². The molecule has 1 atom stereocenters. The number of carbonyl (C=O) groups excluding carboxylic acids is 1. The molecule has 32 heavy (non-hydrogen) atoms. The first-order valence-electron chi connectivity index (χ1n) is 9.99. The van der Waals surface area contributed by atoms with Crippen LogP contribution < -0.4 is 11.1 Å². The number of carbonyl (C=O) groups is 1. The fraction of sp³-hybridized carbons (Fsp3) is 0.0800. The first-order chi connectivity index (χ1) is 15.7. The van der Waals surface area contributed by atoms with Crippen molar-refractivity contribution in [3.63, 3.8) is 0 Å². The molecule has 0 bridgehead atoms. The molecule has 0 aliphatic carbocycles. The van der Waals surface area contributed by atoms with E-state index < -0.39 is 6.03 Å². The lowest BCUT2D eigenvalue weighted by Gasteiger charge is -2.28. The first kappa shape index (κ1) is 20.7. The van der Waals surface area contributed by atoms with Crippen LogP contribution in [0.2, 0.25) is 0 Å². The molecule has 0 aliphatic rings. The van der Waals surface area contributed by atoms with Crippen molar-refractivity contribution < 1.29 is 4.79 Å². The number of hydrogen-bond acceptors (Lipinski definition) is 5. The van der Waals surface area contributed by atoms with Crippen LogP contribution in [0.15, 0.2) is 91.5 Å². The summed E-state index contributed by atoms with van der Waals surface area (Å²) in [7, 11) is 0. The average molecular weight is 420 g/mol. The monoisotopic (exact) mass is 420 g/mol. The Morgan fingerprint density at radius 1 is 0.844 bits per heavy atom. The largest absolute Gasteiger partial charge is 0.351 e. The second kappa shape index (κ2) is 9.49. The lowest BCUT2D eigenvalue weighted by Crippen LogP contribution is -2.21. The Morgan fingerprint density at radius 3 is 2.03 bits per heavy atom. The maximum atomic E-state index is 11.4. The summed E-state index contributed by atoms with van der Waals surface area (Å²) in [5, 5.41) is 11.8. The molecular weight excluding hydrogens is 400 g/mol. The van der Waals surface area contributed by atoms with Crippen molar-refractivity contribution in [2.45, 2.75) is 11.8 Å². The summed E-state index contributed by atoms with van der Waals surface area (Å²) in [6, 6.07) is 22.2. The molecule has 0 saturated heterocycles. The van der Waals surface area contributed by atoms with Crippen LogP contribution in [0.25, 0.3) is 0 Å². The highest BCUT2D eigenvalue weighted by atomic mass is 16.2. The van der Waals surface area contributed by atoms with E-state index in [9.17, 15) is 10.1 Å². The number of anilines is 1. The van der Waals surface area contributed by atoms with E-state index in [0.717, 1.165) is 22.4 Å². The molecular formula is C25H20N6O. The van der Waals surface area contributed by atoms with Gasteiger partial charge in [0, 0.05) is 36.6 Å². The van der Waals surface area contributed by atoms with Crippen LogP contribution in [-0.2, 0) is 0 Å². The number of pyridine rings is 3. The zero-order valence-electron chi connectivity index (χ0n) is 17.1. The van der Waals surface area contributed by atoms with E-state index in [2.05, 4.69) is 26.3 Å². The van der Waals surface area contributed by atoms with Crippen molar-refractivity contribution >= 4 is 11.8 Å². The third-order valence-electron chi connectivity index (χ3n) is 5.16. The Hall–Kier alpha value is -4.57. The van der Waals surface area contributed by atoms with Gasteiger partial charge in [-0.15, -0.1) is 0 Å². The summed E-state index contributed by atoms with van der Waals surface area (Å²) in [6.45, 7) is 0. The maximum absolute atomic E-state index is 11.4. The minimum atomic E-state index is -0.680. The molecule has 4 aromatic rings. The van der Waals surface area contributed by atoms with Crippen LogP contribution in [0.3, 0.4) is 0 Å². The Balaban J connectivity index is 1.92. The van der Waals surface area contributed by atoms with Gasteiger partial charge in [-0.1, -0.05) is 30.3 Å². The third kappa shape index (κ3) is 4.60. The molecule has 3 heterocycles. The van der Waals surface area contributed by atoms with Gasteiger partial charge in [0.2, 0.25) is 0 Å². The van der Waals surface area contributed by atoms with Gasteiger partial charge in [-0.05, 0) is 53.1 Å². The zero-order chi connectivity index (χ0) is 22.3. The van der Waals surface area contributed by atoms with Gasteiger partial charge in [0.1, 0.15) is 5.82 Å². The van der Waals surface area contributed by atoms with Crippen LogP contribution in [-0.4, -0.2) is 21.0 Å². The van der Waals surface area contributed by atoms with Gasteiger partial charge in [-0.3, -0.25) is 15.3 Å². The maximum Gasteiger partial charge on any atom is 0.317 e. The smallest absolute Gasteiger partial charge is 0.317 e. The molecule has 2 amide bonds. The fourth-order valence-electron chi connectivity index (χ4n) is 3.82. The normalized spacial score (nSPS) is 11.5. The number of rotatable bonds is 6. The third-order valence-corrected chi connectivity index (χ3v) is 5.16. The first-order valence-corrected chi connectivity index (χ1v) is 9.99. The van der Waals surface area contributed by atoms with Gasteiger partial charge in [-0.2, -0.15) is 5.26 Å². The van der Waals surface area contributed by atoms with E-state index in [0.29, 0.717) is 11.4 Å². The summed E-state index contributed by atoms with van der Waals surface area (Å²) in [6.07, 6.45) is 7.13. The number of nitriles is 1. The molecule has 0 radical (unpaired) electrons. The molecule has 3 aromatic heterocycles. The van der Waals surface area contributed by atoms with E-state index in [1.807, 2.05) is 60.9 Å². The Kier molecular flexibility index (Phi) is 6.14. The Labute approximate surface area is 185 Å². The minimum Gasteiger partial charge on any atom is -0.351 e. The lowest BCUT2D eigenvalue weighted by molar-refractivity contribution is 0.259. The number of primary amides is 1. The number of aromatic nitrogens is 3. The second-order valence-electron chi connectivity index (χ2n) is 7.20. The molecule has 7 nitrogen and oxygen atoms in total. The van der Waals surface area contributed by atoms with Crippen molar-refractivity contribution in [1.29, 1.82) is 5.26 Å². The second-order valence-corrected chi connectivity index (χ2v) is 7.20. The van der Waals surface area contributed by atoms with Crippen molar-refractivity contribution in [2.24, 2.45) is 5.73 Å². The number of nitrogens with two attached hydrogens (primary N) is 1. The van der Waals surface area contributed by atoms with Crippen molar-refractivity contribution in [1.82, 2.24) is 15.0 Å². The summed E-state index contributed by atoms with van der Waals surface area (Å²) >= 11 is 0. The highest BCUT2D eigenvalue weighted by molar-refractivity contribution is 5.86. The molecule has 1 aromatic carbocycles. The quantitative estimate of drug-likeness (QED) is 0.485. The number of nitrogens with zero attached hydrogens (tertiary/aromatic N) is 4. The number of benzene rings is 1. The molecule has 0 aliphatic heterocycles. The van der Waals surface area contributed by atoms with Gasteiger partial charge < -0.3 is 5.73 Å². The zero-order valence-corrected chi connectivity index (χ0v) is 17.1. The van der Waals surface area contributed by atoms with Gasteiger partial charge in [-0.25, -0.2) is 9.78 Å². The van der Waals surface area contributed by atoms with Crippen LogP contribution in [0, 0.1) is 11.3 Å². The summed E-state index contributed by atoms with van der Waals surface area (Å²) in [4.78, 5) is 24.7. The molecule has 7 heteroatoms. The molecule has 3 N–H and O–H groups in total. The van der Waals surface area contributed by atoms with Crippen molar-refractivity contribution in [3.05, 3.63) is 119 Å². The van der Waals surface area contributed by atoms with Crippen LogP contribution >= 0.6 is 0 Å². The standard InChI is InChI=1S/C25H20N6O/c26-14-17-8-10-18(11-9-17)24(21-6-1-7-22(30-21)31-25(27)32)23(19-4-2-12-28-15-19)20-5-3-13-29-16-20/h1-13,15-16,23-24H,(H3,27,30,31,32). The predicted octanol–water partition coefficient (Wildman–Crippen LogP) is 4.20. The molecule has 156 valence electrons. The van der Waals surface area contributed by atoms with E-state index in [-0.39, 0.29) is 11.8 Å². The number of nitrogens with one attached hydrogen (secondary N) is 1.